The molecule has 0 saturated carbocycles. The maximum absolute atomic E-state index is 13.0. The molecule has 0 aliphatic carbocycles. The fraction of sp³-hybridized carbons (Fsp3) is 0.348. The summed E-state index contributed by atoms with van der Waals surface area (Å²) in [5.74, 6) is -0.868. The van der Waals surface area contributed by atoms with Gasteiger partial charge in [0.1, 0.15) is 0 Å². The van der Waals surface area contributed by atoms with E-state index in [9.17, 15) is 21.6 Å². The first-order valence-corrected chi connectivity index (χ1v) is 14.2. The highest BCUT2D eigenvalue weighted by molar-refractivity contribution is 7.91. The van der Waals surface area contributed by atoms with Crippen molar-refractivity contribution in [3.63, 3.8) is 0 Å². The summed E-state index contributed by atoms with van der Waals surface area (Å²) in [5, 5.41) is 10.3. The Morgan fingerprint density at radius 3 is 2.34 bits per heavy atom. The molecule has 0 bridgehead atoms. The van der Waals surface area contributed by atoms with E-state index in [1.54, 1.807) is 43.3 Å². The second-order valence-electron chi connectivity index (χ2n) is 8.34. The molecule has 1 fully saturated rings. The van der Waals surface area contributed by atoms with Crippen molar-refractivity contribution in [3.8, 4) is 11.5 Å². The fourth-order valence-electron chi connectivity index (χ4n) is 3.80. The number of amides is 1. The van der Waals surface area contributed by atoms with Crippen LogP contribution in [-0.2, 0) is 24.7 Å². The van der Waals surface area contributed by atoms with Gasteiger partial charge >= 0.3 is 6.01 Å². The Hall–Kier alpha value is -3.09. The first kappa shape index (κ1) is 25.0. The van der Waals surface area contributed by atoms with Crippen LogP contribution in [0.5, 0.6) is 0 Å². The summed E-state index contributed by atoms with van der Waals surface area (Å²) >= 11 is 0. The molecule has 1 aromatic heterocycles. The number of hydrogen-bond donors (Lipinski definition) is 1. The molecule has 0 radical (unpaired) electrons. The number of aryl methyl sites for hydroxylation is 1. The number of aromatic nitrogens is 2. The van der Waals surface area contributed by atoms with Crippen molar-refractivity contribution in [2.24, 2.45) is 5.92 Å². The summed E-state index contributed by atoms with van der Waals surface area (Å²) in [6.07, 6.45) is 1.07. The maximum Gasteiger partial charge on any atom is 0.322 e. The van der Waals surface area contributed by atoms with E-state index in [1.165, 1.54) is 16.4 Å². The van der Waals surface area contributed by atoms with Crippen molar-refractivity contribution in [1.29, 1.82) is 0 Å². The van der Waals surface area contributed by atoms with Gasteiger partial charge in [0.25, 0.3) is 0 Å². The third kappa shape index (κ3) is 5.44. The van der Waals surface area contributed by atoms with Gasteiger partial charge in [0.05, 0.1) is 21.5 Å². The Kier molecular flexibility index (Phi) is 7.06. The highest BCUT2D eigenvalue weighted by Crippen LogP contribution is 2.26. The summed E-state index contributed by atoms with van der Waals surface area (Å²) in [7, 11) is -7.03. The molecule has 1 aliphatic heterocycles. The summed E-state index contributed by atoms with van der Waals surface area (Å²) in [5.41, 5.74) is 1.46. The third-order valence-corrected chi connectivity index (χ3v) is 9.54. The molecule has 2 heterocycles. The number of anilines is 1. The number of sulfone groups is 1. The van der Waals surface area contributed by atoms with E-state index in [1.807, 2.05) is 6.92 Å². The molecular weight excluding hydrogens is 492 g/mol. The van der Waals surface area contributed by atoms with Crippen molar-refractivity contribution >= 4 is 31.8 Å². The molecule has 0 spiro atoms. The van der Waals surface area contributed by atoms with Crippen LogP contribution in [0.4, 0.5) is 6.01 Å². The van der Waals surface area contributed by atoms with Gasteiger partial charge in [0, 0.05) is 18.7 Å². The molecule has 1 unspecified atom stereocenters. The summed E-state index contributed by atoms with van der Waals surface area (Å²) < 4.78 is 56.8. The minimum absolute atomic E-state index is 0.00595. The smallest absolute Gasteiger partial charge is 0.322 e. The SMILES string of the molecule is CCS(=O)(=O)c1ccc(-c2nnc(NC(=O)C3CCCN(S(=O)(=O)c4ccc(C)cc4)C3)o2)cc1. The highest BCUT2D eigenvalue weighted by atomic mass is 32.2. The van der Waals surface area contributed by atoms with Crippen LogP contribution in [0.3, 0.4) is 0 Å². The minimum Gasteiger partial charge on any atom is -0.403 e. The van der Waals surface area contributed by atoms with Crippen LogP contribution in [0.25, 0.3) is 11.5 Å². The fourth-order valence-corrected chi connectivity index (χ4v) is 6.21. The first-order valence-electron chi connectivity index (χ1n) is 11.1. The number of sulfonamides is 1. The average molecular weight is 519 g/mol. The van der Waals surface area contributed by atoms with E-state index in [-0.39, 0.29) is 34.0 Å². The Balaban J connectivity index is 1.42. The second-order valence-corrected chi connectivity index (χ2v) is 12.6. The first-order chi connectivity index (χ1) is 16.6. The van der Waals surface area contributed by atoms with E-state index in [4.69, 9.17) is 4.42 Å². The zero-order chi connectivity index (χ0) is 25.2. The standard InChI is InChI=1S/C23H26N4O6S2/c1-3-34(29,30)19-12-8-17(9-13-19)22-25-26-23(33-22)24-21(28)18-5-4-14-27(15-18)35(31,32)20-10-6-16(2)7-11-20/h6-13,18H,3-5,14-15H2,1-2H3,(H,24,26,28). The molecule has 4 rings (SSSR count). The number of piperidine rings is 1. The van der Waals surface area contributed by atoms with Crippen LogP contribution < -0.4 is 5.32 Å². The number of nitrogens with one attached hydrogen (secondary N) is 1. The van der Waals surface area contributed by atoms with Crippen LogP contribution in [0.15, 0.2) is 62.7 Å². The van der Waals surface area contributed by atoms with E-state index in [0.717, 1.165) is 5.56 Å². The molecule has 12 heteroatoms. The van der Waals surface area contributed by atoms with Gasteiger partial charge in [0.15, 0.2) is 9.84 Å². The Morgan fingerprint density at radius 1 is 1.03 bits per heavy atom. The van der Waals surface area contributed by atoms with Gasteiger partial charge < -0.3 is 4.42 Å². The monoisotopic (exact) mass is 518 g/mol. The molecule has 1 atom stereocenters. The lowest BCUT2D eigenvalue weighted by Gasteiger charge is -2.30. The number of benzene rings is 2. The molecule has 1 N–H and O–H groups in total. The number of rotatable bonds is 7. The Bertz CT molecular complexity index is 1420. The second kappa shape index (κ2) is 9.88. The number of carbonyl (C=O) groups is 1. The molecule has 186 valence electrons. The lowest BCUT2D eigenvalue weighted by Crippen LogP contribution is -2.43. The van der Waals surface area contributed by atoms with Crippen LogP contribution in [0.2, 0.25) is 0 Å². The molecule has 1 amide bonds. The van der Waals surface area contributed by atoms with E-state index >= 15 is 0 Å². The van der Waals surface area contributed by atoms with Crippen LogP contribution in [-0.4, -0.2) is 56.1 Å². The maximum atomic E-state index is 13.0. The van der Waals surface area contributed by atoms with Crippen molar-refractivity contribution in [2.75, 3.05) is 24.2 Å². The molecule has 10 nitrogen and oxygen atoms in total. The molecule has 1 saturated heterocycles. The summed E-state index contributed by atoms with van der Waals surface area (Å²) in [4.78, 5) is 13.2. The molecule has 35 heavy (non-hydrogen) atoms. The molecule has 1 aliphatic rings. The van der Waals surface area contributed by atoms with E-state index < -0.39 is 31.7 Å². The third-order valence-electron chi connectivity index (χ3n) is 5.91. The predicted octanol–water partition coefficient (Wildman–Crippen LogP) is 2.88. The highest BCUT2D eigenvalue weighted by Gasteiger charge is 2.33. The molecular formula is C23H26N4O6S2. The zero-order valence-electron chi connectivity index (χ0n) is 19.3. The van der Waals surface area contributed by atoms with Gasteiger partial charge in [0.2, 0.25) is 21.8 Å². The van der Waals surface area contributed by atoms with E-state index in [2.05, 4.69) is 15.5 Å². The predicted molar refractivity (Wildman–Crippen MR) is 129 cm³/mol. The van der Waals surface area contributed by atoms with Crippen LogP contribution in [0.1, 0.15) is 25.3 Å². The van der Waals surface area contributed by atoms with Gasteiger partial charge in [-0.15, -0.1) is 5.10 Å². The van der Waals surface area contributed by atoms with E-state index in [0.29, 0.717) is 24.9 Å². The lowest BCUT2D eigenvalue weighted by atomic mass is 9.99. The summed E-state index contributed by atoms with van der Waals surface area (Å²) in [6, 6.07) is 12.5. The largest absolute Gasteiger partial charge is 0.403 e. The van der Waals surface area contributed by atoms with Gasteiger partial charge in [-0.3, -0.25) is 10.1 Å². The van der Waals surface area contributed by atoms with Crippen LogP contribution in [0, 0.1) is 12.8 Å². The number of carbonyl (C=O) groups excluding carboxylic acids is 1. The van der Waals surface area contributed by atoms with Crippen molar-refractivity contribution in [3.05, 3.63) is 54.1 Å². The Labute approximate surface area is 204 Å². The molecule has 3 aromatic rings. The van der Waals surface area contributed by atoms with Crippen molar-refractivity contribution in [1.82, 2.24) is 14.5 Å². The lowest BCUT2D eigenvalue weighted by molar-refractivity contribution is -0.121. The topological polar surface area (TPSA) is 140 Å². The summed E-state index contributed by atoms with van der Waals surface area (Å²) in [6.45, 7) is 3.84. The molecule has 2 aromatic carbocycles. The van der Waals surface area contributed by atoms with Gasteiger partial charge in [-0.05, 0) is 56.2 Å². The zero-order valence-corrected chi connectivity index (χ0v) is 21.0. The van der Waals surface area contributed by atoms with Gasteiger partial charge in [-0.2, -0.15) is 4.31 Å². The Morgan fingerprint density at radius 2 is 1.69 bits per heavy atom. The van der Waals surface area contributed by atoms with Gasteiger partial charge in [-0.25, -0.2) is 16.8 Å². The number of nitrogens with zero attached hydrogens (tertiary/aromatic N) is 3. The quantitative estimate of drug-likeness (QED) is 0.504. The average Bonchev–Trinajstić information content (AvgIpc) is 3.33. The minimum atomic E-state index is -3.71. The van der Waals surface area contributed by atoms with Gasteiger partial charge in [-0.1, -0.05) is 29.7 Å². The van der Waals surface area contributed by atoms with Crippen molar-refractivity contribution in [2.45, 2.75) is 36.5 Å². The number of hydrogen-bond acceptors (Lipinski definition) is 8. The van der Waals surface area contributed by atoms with Crippen LogP contribution >= 0.6 is 0 Å². The normalized spacial score (nSPS) is 17.3. The van der Waals surface area contributed by atoms with Crippen molar-refractivity contribution < 1.29 is 26.0 Å².